The number of benzene rings is 1. The maximum absolute atomic E-state index is 6.06. The average molecular weight is 283 g/mol. The molecule has 0 aromatic heterocycles. The molecule has 2 rings (SSSR count). The van der Waals surface area contributed by atoms with E-state index in [4.69, 9.17) is 5.73 Å². The predicted octanol–water partition coefficient (Wildman–Crippen LogP) is 2.85. The maximum atomic E-state index is 6.06. The van der Waals surface area contributed by atoms with E-state index in [1.165, 1.54) is 15.6 Å². The van der Waals surface area contributed by atoms with Gasteiger partial charge in [0.25, 0.3) is 0 Å². The molecule has 1 aliphatic rings. The van der Waals surface area contributed by atoms with Crippen molar-refractivity contribution in [3.8, 4) is 0 Å². The number of rotatable bonds is 1. The Morgan fingerprint density at radius 2 is 2.19 bits per heavy atom. The van der Waals surface area contributed by atoms with Gasteiger partial charge in [0, 0.05) is 16.6 Å². The maximum Gasteiger partial charge on any atom is 0.0359 e. The van der Waals surface area contributed by atoms with Gasteiger partial charge in [0.05, 0.1) is 0 Å². The number of nitrogens with two attached hydrogens (primary N) is 1. The molecule has 0 aliphatic carbocycles. The second-order valence-electron chi connectivity index (χ2n) is 4.79. The van der Waals surface area contributed by atoms with Crippen molar-refractivity contribution in [3.05, 3.63) is 33.8 Å². The Labute approximate surface area is 106 Å². The molecule has 16 heavy (non-hydrogen) atoms. The van der Waals surface area contributed by atoms with Crippen molar-refractivity contribution in [2.75, 3.05) is 13.6 Å². The van der Waals surface area contributed by atoms with Gasteiger partial charge in [0.15, 0.2) is 0 Å². The third kappa shape index (κ3) is 2.47. The fraction of sp³-hybridized carbons (Fsp3) is 0.538. The monoisotopic (exact) mass is 282 g/mol. The molecule has 1 heterocycles. The third-order valence-corrected chi connectivity index (χ3v) is 4.37. The second-order valence-corrected chi connectivity index (χ2v) is 5.64. The summed E-state index contributed by atoms with van der Waals surface area (Å²) in [6.45, 7) is 3.23. The minimum Gasteiger partial charge on any atom is -0.328 e. The lowest BCUT2D eigenvalue weighted by Gasteiger charge is -2.36. The first-order valence-corrected chi connectivity index (χ1v) is 6.59. The molecule has 2 nitrogen and oxygen atoms in total. The van der Waals surface area contributed by atoms with Crippen LogP contribution in [0.15, 0.2) is 22.7 Å². The van der Waals surface area contributed by atoms with Gasteiger partial charge in [0.1, 0.15) is 0 Å². The highest BCUT2D eigenvalue weighted by atomic mass is 79.9. The summed E-state index contributed by atoms with van der Waals surface area (Å²) < 4.78 is 1.18. The van der Waals surface area contributed by atoms with Crippen LogP contribution in [0.1, 0.15) is 30.0 Å². The van der Waals surface area contributed by atoms with Crippen LogP contribution in [0.2, 0.25) is 0 Å². The molecule has 0 bridgehead atoms. The van der Waals surface area contributed by atoms with Crippen molar-refractivity contribution in [1.82, 2.24) is 4.90 Å². The molecule has 3 heteroatoms. The molecule has 1 aromatic rings. The zero-order valence-corrected chi connectivity index (χ0v) is 11.5. The number of nitrogens with zero attached hydrogens (tertiary/aromatic N) is 1. The van der Waals surface area contributed by atoms with Crippen LogP contribution in [0.4, 0.5) is 0 Å². The van der Waals surface area contributed by atoms with Gasteiger partial charge in [0.2, 0.25) is 0 Å². The molecule has 88 valence electrons. The lowest BCUT2D eigenvalue weighted by molar-refractivity contribution is 0.171. The van der Waals surface area contributed by atoms with E-state index < -0.39 is 0 Å². The van der Waals surface area contributed by atoms with Gasteiger partial charge in [-0.1, -0.05) is 28.1 Å². The molecule has 2 atom stereocenters. The second kappa shape index (κ2) is 4.86. The van der Waals surface area contributed by atoms with Crippen LogP contribution in [-0.4, -0.2) is 24.5 Å². The number of halogens is 1. The molecule has 2 unspecified atom stereocenters. The van der Waals surface area contributed by atoms with Crippen LogP contribution in [0, 0.1) is 6.92 Å². The van der Waals surface area contributed by atoms with Crippen molar-refractivity contribution in [2.45, 2.75) is 31.8 Å². The Balaban J connectivity index is 2.24. The Bertz CT molecular complexity index is 378. The Morgan fingerprint density at radius 1 is 1.44 bits per heavy atom. The van der Waals surface area contributed by atoms with Gasteiger partial charge in [-0.15, -0.1) is 0 Å². The van der Waals surface area contributed by atoms with Gasteiger partial charge in [-0.25, -0.2) is 0 Å². The van der Waals surface area contributed by atoms with Gasteiger partial charge < -0.3 is 5.73 Å². The van der Waals surface area contributed by atoms with E-state index in [9.17, 15) is 0 Å². The Morgan fingerprint density at radius 3 is 2.88 bits per heavy atom. The summed E-state index contributed by atoms with van der Waals surface area (Å²) in [6.07, 6.45) is 2.18. The molecule has 0 radical (unpaired) electrons. The number of hydrogen-bond donors (Lipinski definition) is 1. The first-order chi connectivity index (χ1) is 7.58. The fourth-order valence-electron chi connectivity index (χ4n) is 2.38. The van der Waals surface area contributed by atoms with E-state index in [1.807, 2.05) is 0 Å². The highest BCUT2D eigenvalue weighted by Crippen LogP contribution is 2.31. The smallest absolute Gasteiger partial charge is 0.0359 e. The molecule has 1 aromatic carbocycles. The van der Waals surface area contributed by atoms with Crippen molar-refractivity contribution in [3.63, 3.8) is 0 Å². The first kappa shape index (κ1) is 12.1. The summed E-state index contributed by atoms with van der Waals surface area (Å²) in [5, 5.41) is 0. The Kier molecular flexibility index (Phi) is 3.67. The Hall–Kier alpha value is -0.380. The van der Waals surface area contributed by atoms with Gasteiger partial charge in [-0.3, -0.25) is 4.90 Å². The standard InChI is InChI=1S/C13H19BrN2/c1-9-7-10(3-4-12(9)14)13-8-11(15)5-6-16(13)2/h3-4,7,11,13H,5-6,8,15H2,1-2H3. The molecule has 2 N–H and O–H groups in total. The summed E-state index contributed by atoms with van der Waals surface area (Å²) in [5.74, 6) is 0. The highest BCUT2D eigenvalue weighted by Gasteiger charge is 2.25. The van der Waals surface area contributed by atoms with Crippen molar-refractivity contribution in [1.29, 1.82) is 0 Å². The number of hydrogen-bond acceptors (Lipinski definition) is 2. The van der Waals surface area contributed by atoms with E-state index >= 15 is 0 Å². The van der Waals surface area contributed by atoms with Crippen molar-refractivity contribution < 1.29 is 0 Å². The summed E-state index contributed by atoms with van der Waals surface area (Å²) in [4.78, 5) is 2.41. The predicted molar refractivity (Wildman–Crippen MR) is 71.5 cm³/mol. The van der Waals surface area contributed by atoms with Gasteiger partial charge in [-0.05, 0) is 50.6 Å². The summed E-state index contributed by atoms with van der Waals surface area (Å²) >= 11 is 3.54. The van der Waals surface area contributed by atoms with Crippen molar-refractivity contribution in [2.24, 2.45) is 5.73 Å². The normalized spacial score (nSPS) is 27.0. The van der Waals surface area contributed by atoms with E-state index in [0.717, 1.165) is 19.4 Å². The van der Waals surface area contributed by atoms with Crippen LogP contribution in [0.5, 0.6) is 0 Å². The first-order valence-electron chi connectivity index (χ1n) is 5.80. The van der Waals surface area contributed by atoms with E-state index in [-0.39, 0.29) is 0 Å². The minimum absolute atomic E-state index is 0.352. The number of likely N-dealkylation sites (tertiary alicyclic amines) is 1. The molecule has 1 aliphatic heterocycles. The van der Waals surface area contributed by atoms with Crippen LogP contribution >= 0.6 is 15.9 Å². The summed E-state index contributed by atoms with van der Waals surface area (Å²) in [6, 6.07) is 7.44. The topological polar surface area (TPSA) is 29.3 Å². The van der Waals surface area contributed by atoms with Crippen LogP contribution < -0.4 is 5.73 Å². The molecular formula is C13H19BrN2. The molecular weight excluding hydrogens is 264 g/mol. The highest BCUT2D eigenvalue weighted by molar-refractivity contribution is 9.10. The fourth-order valence-corrected chi connectivity index (χ4v) is 2.62. The molecule has 0 saturated carbocycles. The average Bonchev–Trinajstić information content (AvgIpc) is 2.26. The third-order valence-electron chi connectivity index (χ3n) is 3.48. The van der Waals surface area contributed by atoms with Crippen LogP contribution in [0.3, 0.4) is 0 Å². The van der Waals surface area contributed by atoms with Crippen LogP contribution in [0.25, 0.3) is 0 Å². The minimum atomic E-state index is 0.352. The van der Waals surface area contributed by atoms with Crippen LogP contribution in [-0.2, 0) is 0 Å². The van der Waals surface area contributed by atoms with E-state index in [2.05, 4.69) is 53.0 Å². The zero-order chi connectivity index (χ0) is 11.7. The van der Waals surface area contributed by atoms with Gasteiger partial charge in [-0.2, -0.15) is 0 Å². The van der Waals surface area contributed by atoms with Gasteiger partial charge >= 0.3 is 0 Å². The quantitative estimate of drug-likeness (QED) is 0.858. The number of piperidine rings is 1. The number of aryl methyl sites for hydroxylation is 1. The largest absolute Gasteiger partial charge is 0.328 e. The molecule has 1 fully saturated rings. The van der Waals surface area contributed by atoms with E-state index in [1.54, 1.807) is 0 Å². The summed E-state index contributed by atoms with van der Waals surface area (Å²) in [7, 11) is 2.19. The zero-order valence-electron chi connectivity index (χ0n) is 9.91. The SMILES string of the molecule is Cc1cc(C2CC(N)CCN2C)ccc1Br. The molecule has 0 spiro atoms. The summed E-state index contributed by atoms with van der Waals surface area (Å²) in [5.41, 5.74) is 8.74. The molecule has 0 amide bonds. The van der Waals surface area contributed by atoms with Crippen molar-refractivity contribution >= 4 is 15.9 Å². The lowest BCUT2D eigenvalue weighted by Crippen LogP contribution is -2.39. The lowest BCUT2D eigenvalue weighted by atomic mass is 9.92. The molecule has 1 saturated heterocycles. The van der Waals surface area contributed by atoms with E-state index in [0.29, 0.717) is 12.1 Å².